The number of hydrogen-bond acceptors (Lipinski definition) is 3. The summed E-state index contributed by atoms with van der Waals surface area (Å²) in [4.78, 5) is 23.9. The maximum atomic E-state index is 11.8. The molecule has 2 N–H and O–H groups in total. The number of carbonyl (C=O) groups excluding carboxylic acids is 1. The molecule has 0 aliphatic carbocycles. The van der Waals surface area contributed by atoms with E-state index in [1.54, 1.807) is 12.2 Å². The first-order valence-corrected chi connectivity index (χ1v) is 5.65. The highest BCUT2D eigenvalue weighted by Crippen LogP contribution is 2.07. The van der Waals surface area contributed by atoms with E-state index in [2.05, 4.69) is 18.5 Å². The second-order valence-electron chi connectivity index (χ2n) is 3.71. The van der Waals surface area contributed by atoms with Crippen molar-refractivity contribution in [1.29, 1.82) is 0 Å². The van der Waals surface area contributed by atoms with Gasteiger partial charge in [-0.25, -0.2) is 9.59 Å². The summed E-state index contributed by atoms with van der Waals surface area (Å²) in [5.74, 6) is -0.918. The molecule has 19 heavy (non-hydrogen) atoms. The third-order valence-electron chi connectivity index (χ3n) is 2.27. The van der Waals surface area contributed by atoms with Crippen molar-refractivity contribution in [1.82, 2.24) is 10.2 Å². The van der Waals surface area contributed by atoms with E-state index in [1.165, 1.54) is 17.0 Å². The van der Waals surface area contributed by atoms with E-state index in [1.807, 2.05) is 0 Å². The number of carboxylic acid groups (broad SMARTS) is 1. The second kappa shape index (κ2) is 7.05. The third-order valence-corrected chi connectivity index (χ3v) is 2.27. The first-order chi connectivity index (χ1) is 9.08. The minimum atomic E-state index is -1.14. The lowest BCUT2D eigenvalue weighted by molar-refractivity contribution is 0.0660. The average molecular weight is 264 g/mol. The molecule has 0 aromatic carbocycles. The number of hydrogen-bond donors (Lipinski definition) is 2. The summed E-state index contributed by atoms with van der Waals surface area (Å²) in [6, 6.07) is 2.55. The van der Waals surface area contributed by atoms with Gasteiger partial charge in [0.1, 0.15) is 5.76 Å². The minimum absolute atomic E-state index is 0.122. The Morgan fingerprint density at radius 2 is 1.95 bits per heavy atom. The molecule has 0 saturated carbocycles. The molecule has 2 amide bonds. The fraction of sp³-hybridized carbons (Fsp3) is 0.231. The molecule has 1 aromatic rings. The van der Waals surface area contributed by atoms with Crippen LogP contribution in [-0.2, 0) is 6.54 Å². The van der Waals surface area contributed by atoms with E-state index in [9.17, 15) is 9.59 Å². The van der Waals surface area contributed by atoms with E-state index in [-0.39, 0.29) is 18.3 Å². The van der Waals surface area contributed by atoms with Crippen molar-refractivity contribution in [3.05, 3.63) is 49.0 Å². The lowest BCUT2D eigenvalue weighted by Gasteiger charge is -2.19. The van der Waals surface area contributed by atoms with Crippen LogP contribution in [0.15, 0.2) is 41.9 Å². The Balaban J connectivity index is 2.53. The van der Waals surface area contributed by atoms with Crippen molar-refractivity contribution < 1.29 is 19.1 Å². The monoisotopic (exact) mass is 264 g/mol. The normalized spacial score (nSPS) is 9.68. The number of carbonyl (C=O) groups is 2. The Labute approximate surface area is 111 Å². The number of carboxylic acids is 1. The van der Waals surface area contributed by atoms with Crippen LogP contribution in [0.2, 0.25) is 0 Å². The average Bonchev–Trinajstić information content (AvgIpc) is 2.84. The Morgan fingerprint density at radius 3 is 2.42 bits per heavy atom. The van der Waals surface area contributed by atoms with Crippen LogP contribution in [-0.4, -0.2) is 35.1 Å². The summed E-state index contributed by atoms with van der Waals surface area (Å²) in [5, 5.41) is 11.3. The molecule has 6 nitrogen and oxygen atoms in total. The van der Waals surface area contributed by atoms with Gasteiger partial charge in [-0.2, -0.15) is 0 Å². The zero-order chi connectivity index (χ0) is 14.3. The zero-order valence-electron chi connectivity index (χ0n) is 10.5. The molecule has 1 aromatic heterocycles. The molecule has 1 rings (SSSR count). The molecule has 0 atom stereocenters. The molecule has 0 aliphatic heterocycles. The molecule has 102 valence electrons. The highest BCUT2D eigenvalue weighted by molar-refractivity contribution is 5.84. The van der Waals surface area contributed by atoms with Gasteiger partial charge in [0.15, 0.2) is 0 Å². The van der Waals surface area contributed by atoms with Crippen molar-refractivity contribution in [2.75, 3.05) is 13.1 Å². The Hall–Kier alpha value is -2.50. The largest absolute Gasteiger partial charge is 0.475 e. The summed E-state index contributed by atoms with van der Waals surface area (Å²) in [6.07, 6.45) is 3.22. The quantitative estimate of drug-likeness (QED) is 0.736. The van der Waals surface area contributed by atoms with Crippen molar-refractivity contribution in [2.45, 2.75) is 6.54 Å². The highest BCUT2D eigenvalue weighted by Gasteiger charge is 2.12. The van der Waals surface area contributed by atoms with Gasteiger partial charge in [0, 0.05) is 13.1 Å². The molecule has 0 bridgehead atoms. The first kappa shape index (κ1) is 14.6. The minimum Gasteiger partial charge on any atom is -0.475 e. The van der Waals surface area contributed by atoms with Crippen LogP contribution in [0.25, 0.3) is 0 Å². The summed E-state index contributed by atoms with van der Waals surface area (Å²) >= 11 is 0. The lowest BCUT2D eigenvalue weighted by Crippen LogP contribution is -2.39. The molecule has 0 radical (unpaired) electrons. The summed E-state index contributed by atoms with van der Waals surface area (Å²) in [5.41, 5.74) is 0. The van der Waals surface area contributed by atoms with Gasteiger partial charge < -0.3 is 19.7 Å². The van der Waals surface area contributed by atoms with Crippen LogP contribution >= 0.6 is 0 Å². The number of aromatic carboxylic acids is 1. The third kappa shape index (κ3) is 4.34. The SMILES string of the molecule is C=CCN(CC=C)C(=O)NCc1ccc(C(=O)O)o1. The molecule has 0 fully saturated rings. The topological polar surface area (TPSA) is 82.8 Å². The summed E-state index contributed by atoms with van der Waals surface area (Å²) in [6.45, 7) is 8.05. The molecule has 1 heterocycles. The summed E-state index contributed by atoms with van der Waals surface area (Å²) in [7, 11) is 0. The molecule has 0 aliphatic rings. The van der Waals surface area contributed by atoms with Gasteiger partial charge in [0.25, 0.3) is 0 Å². The Kier molecular flexibility index (Phi) is 5.40. The molecular formula is C13H16N2O4. The number of furan rings is 1. The van der Waals surface area contributed by atoms with E-state index < -0.39 is 5.97 Å². The van der Waals surface area contributed by atoms with Crippen molar-refractivity contribution >= 4 is 12.0 Å². The van der Waals surface area contributed by atoms with Crippen molar-refractivity contribution in [3.8, 4) is 0 Å². The Morgan fingerprint density at radius 1 is 1.32 bits per heavy atom. The van der Waals surface area contributed by atoms with Crippen LogP contribution in [0, 0.1) is 0 Å². The number of nitrogens with one attached hydrogen (secondary N) is 1. The fourth-order valence-electron chi connectivity index (χ4n) is 1.41. The number of amides is 2. The molecule has 0 saturated heterocycles. The molecule has 6 heteroatoms. The van der Waals surface area contributed by atoms with Gasteiger partial charge in [-0.05, 0) is 12.1 Å². The van der Waals surface area contributed by atoms with Gasteiger partial charge in [-0.3, -0.25) is 0 Å². The highest BCUT2D eigenvalue weighted by atomic mass is 16.4. The first-order valence-electron chi connectivity index (χ1n) is 5.65. The predicted molar refractivity (Wildman–Crippen MR) is 69.9 cm³/mol. The van der Waals surface area contributed by atoms with Crippen LogP contribution in [0.1, 0.15) is 16.3 Å². The number of rotatable bonds is 7. The van der Waals surface area contributed by atoms with Gasteiger partial charge in [-0.1, -0.05) is 12.2 Å². The van der Waals surface area contributed by atoms with E-state index in [0.717, 1.165) is 0 Å². The van der Waals surface area contributed by atoms with Crippen LogP contribution in [0.3, 0.4) is 0 Å². The fourth-order valence-corrected chi connectivity index (χ4v) is 1.41. The maximum absolute atomic E-state index is 11.8. The molecule has 0 unspecified atom stereocenters. The van der Waals surface area contributed by atoms with Crippen LogP contribution in [0.4, 0.5) is 4.79 Å². The lowest BCUT2D eigenvalue weighted by atomic mass is 10.4. The van der Waals surface area contributed by atoms with Crippen molar-refractivity contribution in [3.63, 3.8) is 0 Å². The van der Waals surface area contributed by atoms with Gasteiger partial charge in [0.2, 0.25) is 5.76 Å². The number of nitrogens with zero attached hydrogens (tertiary/aromatic N) is 1. The maximum Gasteiger partial charge on any atom is 0.371 e. The smallest absolute Gasteiger partial charge is 0.371 e. The van der Waals surface area contributed by atoms with E-state index in [4.69, 9.17) is 9.52 Å². The van der Waals surface area contributed by atoms with Gasteiger partial charge in [0.05, 0.1) is 6.54 Å². The second-order valence-corrected chi connectivity index (χ2v) is 3.71. The standard InChI is InChI=1S/C13H16N2O4/c1-3-7-15(8-4-2)13(18)14-9-10-5-6-11(19-10)12(16)17/h3-6H,1-2,7-9H2,(H,14,18)(H,16,17). The number of urea groups is 1. The van der Waals surface area contributed by atoms with E-state index in [0.29, 0.717) is 18.8 Å². The Bertz CT molecular complexity index is 469. The molecule has 0 spiro atoms. The van der Waals surface area contributed by atoms with Gasteiger partial charge >= 0.3 is 12.0 Å². The zero-order valence-corrected chi connectivity index (χ0v) is 10.5. The molecular weight excluding hydrogens is 248 g/mol. The van der Waals surface area contributed by atoms with Crippen LogP contribution in [0.5, 0.6) is 0 Å². The van der Waals surface area contributed by atoms with Gasteiger partial charge in [-0.15, -0.1) is 13.2 Å². The van der Waals surface area contributed by atoms with Crippen LogP contribution < -0.4 is 5.32 Å². The summed E-state index contributed by atoms with van der Waals surface area (Å²) < 4.78 is 5.02. The predicted octanol–water partition coefficient (Wildman–Crippen LogP) is 1.86. The van der Waals surface area contributed by atoms with Crippen molar-refractivity contribution in [2.24, 2.45) is 0 Å². The van der Waals surface area contributed by atoms with E-state index >= 15 is 0 Å².